The summed E-state index contributed by atoms with van der Waals surface area (Å²) in [7, 11) is 1.91. The van der Waals surface area contributed by atoms with E-state index in [1.807, 2.05) is 11.6 Å². The van der Waals surface area contributed by atoms with Crippen molar-refractivity contribution in [1.29, 1.82) is 0 Å². The molecular formula is C9H11ClN6. The lowest BCUT2D eigenvalue weighted by Gasteiger charge is -2.03. The van der Waals surface area contributed by atoms with E-state index in [9.17, 15) is 0 Å². The molecule has 2 aromatic heterocycles. The third-order valence-electron chi connectivity index (χ3n) is 2.09. The molecule has 0 amide bonds. The summed E-state index contributed by atoms with van der Waals surface area (Å²) in [5.74, 6) is 1.63. The monoisotopic (exact) mass is 238 g/mol. The van der Waals surface area contributed by atoms with Gasteiger partial charge in [0.2, 0.25) is 0 Å². The van der Waals surface area contributed by atoms with Crippen LogP contribution < -0.4 is 5.32 Å². The van der Waals surface area contributed by atoms with E-state index in [0.717, 1.165) is 18.8 Å². The summed E-state index contributed by atoms with van der Waals surface area (Å²) >= 11 is 5.62. The first-order valence-electron chi connectivity index (χ1n) is 4.81. The van der Waals surface area contributed by atoms with Gasteiger partial charge in [0.05, 0.1) is 0 Å². The van der Waals surface area contributed by atoms with Crippen molar-refractivity contribution in [2.24, 2.45) is 7.05 Å². The molecule has 6 nitrogen and oxygen atoms in total. The molecule has 0 aromatic carbocycles. The van der Waals surface area contributed by atoms with Crippen LogP contribution in [0.2, 0.25) is 5.15 Å². The summed E-state index contributed by atoms with van der Waals surface area (Å²) in [4.78, 5) is 0. The highest BCUT2D eigenvalue weighted by atomic mass is 35.5. The van der Waals surface area contributed by atoms with Gasteiger partial charge in [-0.15, -0.1) is 20.4 Å². The Hall–Kier alpha value is -1.69. The zero-order valence-corrected chi connectivity index (χ0v) is 9.52. The second kappa shape index (κ2) is 4.89. The zero-order valence-electron chi connectivity index (χ0n) is 8.76. The Balaban J connectivity index is 1.84. The van der Waals surface area contributed by atoms with E-state index in [-0.39, 0.29) is 0 Å². The minimum atomic E-state index is 0.388. The first-order chi connectivity index (χ1) is 7.75. The Morgan fingerprint density at radius 1 is 1.31 bits per heavy atom. The fourth-order valence-electron chi connectivity index (χ4n) is 1.25. The van der Waals surface area contributed by atoms with Gasteiger partial charge in [-0.3, -0.25) is 0 Å². The molecule has 0 aliphatic rings. The topological polar surface area (TPSA) is 68.5 Å². The minimum absolute atomic E-state index is 0.388. The first kappa shape index (κ1) is 10.8. The van der Waals surface area contributed by atoms with Crippen molar-refractivity contribution in [2.45, 2.75) is 6.42 Å². The van der Waals surface area contributed by atoms with Crippen LogP contribution in [0.3, 0.4) is 0 Å². The number of anilines is 1. The van der Waals surface area contributed by atoms with E-state index in [1.165, 1.54) is 0 Å². The number of aryl methyl sites for hydroxylation is 1. The number of nitrogens with zero attached hydrogens (tertiary/aromatic N) is 5. The molecule has 0 aliphatic heterocycles. The minimum Gasteiger partial charge on any atom is -0.368 e. The third kappa shape index (κ3) is 2.66. The fourth-order valence-corrected chi connectivity index (χ4v) is 1.35. The van der Waals surface area contributed by atoms with E-state index in [1.54, 1.807) is 18.5 Å². The van der Waals surface area contributed by atoms with Crippen molar-refractivity contribution in [2.75, 3.05) is 11.9 Å². The molecule has 84 valence electrons. The first-order valence-corrected chi connectivity index (χ1v) is 5.19. The quantitative estimate of drug-likeness (QED) is 0.858. The highest BCUT2D eigenvalue weighted by Crippen LogP contribution is 2.05. The zero-order chi connectivity index (χ0) is 11.4. The lowest BCUT2D eigenvalue weighted by molar-refractivity contribution is 0.786. The Labute approximate surface area is 97.7 Å². The molecule has 1 N–H and O–H groups in total. The summed E-state index contributed by atoms with van der Waals surface area (Å²) in [5.41, 5.74) is 0. The van der Waals surface area contributed by atoms with Crippen molar-refractivity contribution < 1.29 is 0 Å². The molecular weight excluding hydrogens is 228 g/mol. The Morgan fingerprint density at radius 2 is 2.19 bits per heavy atom. The van der Waals surface area contributed by atoms with E-state index in [0.29, 0.717) is 11.0 Å². The number of rotatable bonds is 4. The molecule has 16 heavy (non-hydrogen) atoms. The molecule has 2 aromatic rings. The summed E-state index contributed by atoms with van der Waals surface area (Å²) < 4.78 is 1.88. The summed E-state index contributed by atoms with van der Waals surface area (Å²) in [6, 6.07) is 3.48. The molecule has 0 atom stereocenters. The van der Waals surface area contributed by atoms with Gasteiger partial charge in [0.1, 0.15) is 18.0 Å². The molecule has 0 spiro atoms. The highest BCUT2D eigenvalue weighted by molar-refractivity contribution is 6.29. The van der Waals surface area contributed by atoms with Crippen LogP contribution >= 0.6 is 11.6 Å². The van der Waals surface area contributed by atoms with E-state index < -0.39 is 0 Å². The number of aromatic nitrogens is 5. The van der Waals surface area contributed by atoms with Crippen molar-refractivity contribution in [3.05, 3.63) is 29.4 Å². The Morgan fingerprint density at radius 3 is 2.81 bits per heavy atom. The van der Waals surface area contributed by atoms with Crippen LogP contribution in [0.4, 0.5) is 5.82 Å². The van der Waals surface area contributed by atoms with Gasteiger partial charge in [-0.05, 0) is 12.1 Å². The average Bonchev–Trinajstić information content (AvgIpc) is 2.68. The van der Waals surface area contributed by atoms with Crippen LogP contribution in [-0.2, 0) is 13.5 Å². The van der Waals surface area contributed by atoms with Crippen LogP contribution in [-0.4, -0.2) is 31.5 Å². The molecule has 0 fully saturated rings. The van der Waals surface area contributed by atoms with E-state index in [2.05, 4.69) is 25.7 Å². The standard InChI is InChI=1S/C9H11ClN6/c1-16-6-12-15-9(16)4-5-11-8-3-2-7(10)13-14-8/h2-3,6H,4-5H2,1H3,(H,11,14). The van der Waals surface area contributed by atoms with Crippen molar-refractivity contribution in [3.8, 4) is 0 Å². The maximum Gasteiger partial charge on any atom is 0.151 e. The second-order valence-corrected chi connectivity index (χ2v) is 3.66. The second-order valence-electron chi connectivity index (χ2n) is 3.28. The number of hydrogen-bond acceptors (Lipinski definition) is 5. The van der Waals surface area contributed by atoms with Gasteiger partial charge >= 0.3 is 0 Å². The maximum absolute atomic E-state index is 5.62. The molecule has 0 unspecified atom stereocenters. The molecule has 0 radical (unpaired) electrons. The van der Waals surface area contributed by atoms with Gasteiger partial charge in [-0.2, -0.15) is 0 Å². The summed E-state index contributed by atoms with van der Waals surface area (Å²) in [5, 5.41) is 18.9. The van der Waals surface area contributed by atoms with Crippen molar-refractivity contribution in [1.82, 2.24) is 25.0 Å². The van der Waals surface area contributed by atoms with Gasteiger partial charge < -0.3 is 9.88 Å². The molecule has 0 bridgehead atoms. The van der Waals surface area contributed by atoms with Crippen LogP contribution in [0.15, 0.2) is 18.5 Å². The fraction of sp³-hybridized carbons (Fsp3) is 0.333. The Kier molecular flexibility index (Phi) is 3.31. The number of halogens is 1. The van der Waals surface area contributed by atoms with Gasteiger partial charge in [-0.1, -0.05) is 11.6 Å². The SMILES string of the molecule is Cn1cnnc1CCNc1ccc(Cl)nn1. The van der Waals surface area contributed by atoms with E-state index in [4.69, 9.17) is 11.6 Å². The third-order valence-corrected chi connectivity index (χ3v) is 2.29. The average molecular weight is 239 g/mol. The van der Waals surface area contributed by atoms with Crippen LogP contribution in [0, 0.1) is 0 Å². The predicted molar refractivity (Wildman–Crippen MR) is 60.2 cm³/mol. The number of nitrogens with one attached hydrogen (secondary N) is 1. The van der Waals surface area contributed by atoms with Crippen molar-refractivity contribution in [3.63, 3.8) is 0 Å². The van der Waals surface area contributed by atoms with Crippen LogP contribution in [0.5, 0.6) is 0 Å². The predicted octanol–water partition coefficient (Wildman–Crippen LogP) is 0.913. The van der Waals surface area contributed by atoms with Crippen LogP contribution in [0.1, 0.15) is 5.82 Å². The highest BCUT2D eigenvalue weighted by Gasteiger charge is 2.00. The maximum atomic E-state index is 5.62. The lowest BCUT2D eigenvalue weighted by Crippen LogP contribution is -2.09. The molecule has 0 aliphatic carbocycles. The summed E-state index contributed by atoms with van der Waals surface area (Å²) in [6.07, 6.45) is 2.46. The summed E-state index contributed by atoms with van der Waals surface area (Å²) in [6.45, 7) is 0.725. The van der Waals surface area contributed by atoms with Gasteiger partial charge in [0, 0.05) is 20.0 Å². The normalized spacial score (nSPS) is 10.4. The molecule has 0 saturated carbocycles. The molecule has 2 heterocycles. The van der Waals surface area contributed by atoms with Gasteiger partial charge in [-0.25, -0.2) is 0 Å². The van der Waals surface area contributed by atoms with Crippen LogP contribution in [0.25, 0.3) is 0 Å². The van der Waals surface area contributed by atoms with Crippen molar-refractivity contribution >= 4 is 17.4 Å². The molecule has 7 heteroatoms. The number of hydrogen-bond donors (Lipinski definition) is 1. The van der Waals surface area contributed by atoms with Gasteiger partial charge in [0.25, 0.3) is 0 Å². The molecule has 2 rings (SSSR count). The lowest BCUT2D eigenvalue weighted by atomic mass is 10.4. The van der Waals surface area contributed by atoms with E-state index >= 15 is 0 Å². The largest absolute Gasteiger partial charge is 0.368 e. The smallest absolute Gasteiger partial charge is 0.151 e. The van der Waals surface area contributed by atoms with Gasteiger partial charge in [0.15, 0.2) is 5.15 Å². The molecule has 0 saturated heterocycles. The Bertz CT molecular complexity index is 451.